The number of alkyl halides is 3. The minimum absolute atomic E-state index is 0.0304. The lowest BCUT2D eigenvalue weighted by Crippen LogP contribution is -2.32. The number of hydrogen-bond acceptors (Lipinski definition) is 3. The van der Waals surface area contributed by atoms with Crippen LogP contribution in [-0.2, 0) is 27.2 Å². The summed E-state index contributed by atoms with van der Waals surface area (Å²) in [6.07, 6.45) is -3.86. The van der Waals surface area contributed by atoms with Crippen molar-refractivity contribution in [1.29, 1.82) is 0 Å². The van der Waals surface area contributed by atoms with Gasteiger partial charge in [-0.15, -0.1) is 0 Å². The Morgan fingerprint density at radius 3 is 1.93 bits per heavy atom. The lowest BCUT2D eigenvalue weighted by atomic mass is 9.80. The van der Waals surface area contributed by atoms with Gasteiger partial charge in [-0.05, 0) is 56.7 Å². The minimum Gasteiger partial charge on any atom is -0.299 e. The minimum atomic E-state index is -4.40. The van der Waals surface area contributed by atoms with Crippen LogP contribution in [0.5, 0.6) is 0 Å². The van der Waals surface area contributed by atoms with Crippen LogP contribution in [0.4, 0.5) is 13.2 Å². The van der Waals surface area contributed by atoms with Crippen molar-refractivity contribution in [2.45, 2.75) is 65.3 Å². The van der Waals surface area contributed by atoms with Crippen LogP contribution in [0.25, 0.3) is 0 Å². The molecule has 0 radical (unpaired) electrons. The molecule has 0 saturated heterocycles. The molecule has 7 heteroatoms. The van der Waals surface area contributed by atoms with Crippen molar-refractivity contribution in [3.63, 3.8) is 0 Å². The van der Waals surface area contributed by atoms with Gasteiger partial charge in [0.15, 0.2) is 9.84 Å². The third kappa shape index (κ3) is 6.61. The maximum atomic E-state index is 12.6. The summed E-state index contributed by atoms with van der Waals surface area (Å²) in [5, 5.41) is 0. The third-order valence-corrected chi connectivity index (χ3v) is 8.27. The first-order valence-electron chi connectivity index (χ1n) is 9.47. The number of benzene rings is 1. The van der Waals surface area contributed by atoms with Gasteiger partial charge in [-0.3, -0.25) is 4.79 Å². The zero-order valence-corrected chi connectivity index (χ0v) is 18.2. The average molecular weight is 421 g/mol. The van der Waals surface area contributed by atoms with Crippen molar-refractivity contribution in [1.82, 2.24) is 0 Å². The molecule has 1 rings (SSSR count). The van der Waals surface area contributed by atoms with Gasteiger partial charge in [0.25, 0.3) is 0 Å². The standard InChI is InChI=1S/C21H31F3O3S/c1-14(11-12-28(26,27)20(4,5)6)15(2)16(3)19(25)13-17-7-9-18(10-8-17)21(22,23)24/h7-10,14-16H,11-13H2,1-6H3. The molecule has 0 aliphatic rings. The Morgan fingerprint density at radius 2 is 1.50 bits per heavy atom. The largest absolute Gasteiger partial charge is 0.416 e. The van der Waals surface area contributed by atoms with Crippen LogP contribution in [0, 0.1) is 17.8 Å². The van der Waals surface area contributed by atoms with Crippen LogP contribution in [0.2, 0.25) is 0 Å². The van der Waals surface area contributed by atoms with Crippen LogP contribution in [0.15, 0.2) is 24.3 Å². The molecule has 0 saturated carbocycles. The maximum Gasteiger partial charge on any atom is 0.416 e. The van der Waals surface area contributed by atoms with Gasteiger partial charge in [0.05, 0.1) is 16.1 Å². The van der Waals surface area contributed by atoms with Crippen molar-refractivity contribution < 1.29 is 26.4 Å². The summed E-state index contributed by atoms with van der Waals surface area (Å²) in [7, 11) is -3.21. The monoisotopic (exact) mass is 420 g/mol. The SMILES string of the molecule is CC(CCS(=O)(=O)C(C)(C)C)C(C)C(C)C(=O)Cc1ccc(C(F)(F)F)cc1. The van der Waals surface area contributed by atoms with Gasteiger partial charge in [0.1, 0.15) is 5.78 Å². The predicted octanol–water partition coefficient (Wildman–Crippen LogP) is 5.33. The molecule has 0 amide bonds. The van der Waals surface area contributed by atoms with E-state index in [0.717, 1.165) is 12.1 Å². The van der Waals surface area contributed by atoms with Gasteiger partial charge in [-0.25, -0.2) is 8.42 Å². The number of halogens is 3. The molecule has 0 N–H and O–H groups in total. The average Bonchev–Trinajstić information content (AvgIpc) is 2.57. The van der Waals surface area contributed by atoms with Gasteiger partial charge < -0.3 is 0 Å². The summed E-state index contributed by atoms with van der Waals surface area (Å²) in [5.41, 5.74) is -0.196. The molecule has 0 aromatic heterocycles. The van der Waals surface area contributed by atoms with Gasteiger partial charge >= 0.3 is 6.18 Å². The highest BCUT2D eigenvalue weighted by atomic mass is 32.2. The zero-order valence-electron chi connectivity index (χ0n) is 17.4. The molecule has 3 atom stereocenters. The molecule has 1 aromatic carbocycles. The fourth-order valence-electron chi connectivity index (χ4n) is 2.87. The van der Waals surface area contributed by atoms with Gasteiger partial charge in [-0.1, -0.05) is 32.9 Å². The first-order valence-corrected chi connectivity index (χ1v) is 11.1. The van der Waals surface area contributed by atoms with Crippen LogP contribution < -0.4 is 0 Å². The van der Waals surface area contributed by atoms with Gasteiger partial charge in [-0.2, -0.15) is 13.2 Å². The molecule has 0 aliphatic heterocycles. The number of carbonyl (C=O) groups is 1. The molecule has 0 bridgehead atoms. The van der Waals surface area contributed by atoms with E-state index in [-0.39, 0.29) is 35.7 Å². The predicted molar refractivity (Wildman–Crippen MR) is 106 cm³/mol. The number of rotatable bonds is 8. The molecule has 0 spiro atoms. The second-order valence-corrected chi connectivity index (χ2v) is 11.5. The first-order chi connectivity index (χ1) is 12.6. The number of Topliss-reactive ketones (excluding diaryl/α,β-unsaturated/α-hetero) is 1. The molecule has 28 heavy (non-hydrogen) atoms. The van der Waals surface area contributed by atoms with E-state index in [1.807, 2.05) is 13.8 Å². The van der Waals surface area contributed by atoms with E-state index in [2.05, 4.69) is 0 Å². The molecule has 0 heterocycles. The first kappa shape index (κ1) is 24.7. The molecule has 1 aromatic rings. The Bertz CT molecular complexity index is 760. The van der Waals surface area contributed by atoms with E-state index in [9.17, 15) is 26.4 Å². The van der Waals surface area contributed by atoms with Gasteiger partial charge in [0.2, 0.25) is 0 Å². The Balaban J connectivity index is 2.69. The fourth-order valence-corrected chi connectivity index (χ4v) is 4.16. The van der Waals surface area contributed by atoms with E-state index in [0.29, 0.717) is 12.0 Å². The lowest BCUT2D eigenvalue weighted by Gasteiger charge is -2.27. The highest BCUT2D eigenvalue weighted by Gasteiger charge is 2.32. The fraction of sp³-hybridized carbons (Fsp3) is 0.667. The van der Waals surface area contributed by atoms with Crippen molar-refractivity contribution in [2.75, 3.05) is 5.75 Å². The topological polar surface area (TPSA) is 51.2 Å². The van der Waals surface area contributed by atoms with Crippen LogP contribution in [0.3, 0.4) is 0 Å². The molecule has 3 nitrogen and oxygen atoms in total. The maximum absolute atomic E-state index is 12.6. The van der Waals surface area contributed by atoms with Crippen molar-refractivity contribution in [3.05, 3.63) is 35.4 Å². The van der Waals surface area contributed by atoms with Crippen molar-refractivity contribution >= 4 is 15.6 Å². The van der Waals surface area contributed by atoms with E-state index < -0.39 is 26.3 Å². The summed E-state index contributed by atoms with van der Waals surface area (Å²) in [6.45, 7) is 10.7. The number of hydrogen-bond donors (Lipinski definition) is 0. The molecule has 160 valence electrons. The molecule has 3 unspecified atom stereocenters. The molecule has 0 aliphatic carbocycles. The van der Waals surface area contributed by atoms with Gasteiger partial charge in [0, 0.05) is 12.3 Å². The Morgan fingerprint density at radius 1 is 1.00 bits per heavy atom. The quantitative estimate of drug-likeness (QED) is 0.571. The molecular weight excluding hydrogens is 389 g/mol. The highest BCUT2D eigenvalue weighted by molar-refractivity contribution is 7.92. The highest BCUT2D eigenvalue weighted by Crippen LogP contribution is 2.30. The lowest BCUT2D eigenvalue weighted by molar-refractivity contribution is -0.137. The summed E-state index contributed by atoms with van der Waals surface area (Å²) < 4.78 is 61.6. The van der Waals surface area contributed by atoms with E-state index in [1.165, 1.54) is 12.1 Å². The van der Waals surface area contributed by atoms with E-state index in [1.54, 1.807) is 27.7 Å². The van der Waals surface area contributed by atoms with E-state index >= 15 is 0 Å². The summed E-state index contributed by atoms with van der Waals surface area (Å²) in [5.74, 6) is -0.296. The van der Waals surface area contributed by atoms with Crippen LogP contribution >= 0.6 is 0 Å². The van der Waals surface area contributed by atoms with Crippen LogP contribution in [0.1, 0.15) is 59.1 Å². The van der Waals surface area contributed by atoms with E-state index in [4.69, 9.17) is 0 Å². The summed E-state index contributed by atoms with van der Waals surface area (Å²) in [4.78, 5) is 12.6. The van der Waals surface area contributed by atoms with Crippen molar-refractivity contribution in [3.8, 4) is 0 Å². The van der Waals surface area contributed by atoms with Crippen molar-refractivity contribution in [2.24, 2.45) is 17.8 Å². The smallest absolute Gasteiger partial charge is 0.299 e. The zero-order chi connectivity index (χ0) is 21.9. The second kappa shape index (κ2) is 8.97. The molecular formula is C21H31F3O3S. The molecule has 0 fully saturated rings. The number of sulfone groups is 1. The third-order valence-electron chi connectivity index (χ3n) is 5.63. The second-order valence-electron chi connectivity index (χ2n) is 8.68. The normalized spacial score (nSPS) is 16.5. The number of ketones is 1. The number of carbonyl (C=O) groups excluding carboxylic acids is 1. The Labute approximate surface area is 166 Å². The van der Waals surface area contributed by atoms with Crippen LogP contribution in [-0.4, -0.2) is 24.7 Å². The summed E-state index contributed by atoms with van der Waals surface area (Å²) >= 11 is 0. The Hall–Kier alpha value is -1.37. The summed E-state index contributed by atoms with van der Waals surface area (Å²) in [6, 6.07) is 4.63. The Kier molecular flexibility index (Phi) is 7.90.